The molecule has 1 aliphatic rings. The summed E-state index contributed by atoms with van der Waals surface area (Å²) in [4.78, 5) is 19.9. The third kappa shape index (κ3) is 4.35. The maximum Gasteiger partial charge on any atom is 0.254 e. The molecule has 1 amide bonds. The Hall–Kier alpha value is -1.89. The quantitative estimate of drug-likeness (QED) is 0.663. The van der Waals surface area contributed by atoms with Crippen molar-refractivity contribution in [1.82, 2.24) is 9.97 Å². The molecule has 7 nitrogen and oxygen atoms in total. The molecule has 1 fully saturated rings. The van der Waals surface area contributed by atoms with Crippen LogP contribution in [-0.2, 0) is 0 Å². The summed E-state index contributed by atoms with van der Waals surface area (Å²) < 4.78 is 90.5. The molecule has 0 radical (unpaired) electrons. The summed E-state index contributed by atoms with van der Waals surface area (Å²) in [7, 11) is 0. The number of primary amides is 1. The number of nitrogens with two attached hydrogens (primary N) is 1. The Kier molecular flexibility index (Phi) is 2.44. The highest BCUT2D eigenvalue weighted by molar-refractivity contribution is 5.97. The van der Waals surface area contributed by atoms with E-state index in [0.717, 1.165) is 6.20 Å². The number of nitrogens with zero attached hydrogens (tertiary/aromatic N) is 2. The topological polar surface area (TPSA) is 113 Å². The molecule has 7 heteroatoms. The summed E-state index contributed by atoms with van der Waals surface area (Å²) in [5.74, 6) is -9.05. The lowest BCUT2D eigenvalue weighted by atomic mass is 9.77. The monoisotopic (exact) mass is 346 g/mol. The van der Waals surface area contributed by atoms with Crippen molar-refractivity contribution in [2.75, 3.05) is 10.6 Å². The van der Waals surface area contributed by atoms with E-state index in [2.05, 4.69) is 20.6 Å². The molecule has 2 rings (SSSR count). The zero-order chi connectivity index (χ0) is 27.8. The van der Waals surface area contributed by atoms with Gasteiger partial charge >= 0.3 is 0 Å². The van der Waals surface area contributed by atoms with Crippen LogP contribution in [0.4, 0.5) is 11.8 Å². The Bertz CT molecular complexity index is 993. The van der Waals surface area contributed by atoms with Crippen molar-refractivity contribution < 1.29 is 25.0 Å². The lowest BCUT2D eigenvalue weighted by molar-refractivity contribution is 0.0267. The van der Waals surface area contributed by atoms with E-state index in [4.69, 9.17) is 20.8 Å². The molecule has 0 saturated heterocycles. The molecular formula is C17H29N5O2. The minimum absolute atomic E-state index is 0.127. The predicted molar refractivity (Wildman–Crippen MR) is 94.9 cm³/mol. The van der Waals surface area contributed by atoms with Gasteiger partial charge in [0, 0.05) is 36.0 Å². The normalized spacial score (nSPS) is 51.3. The fourth-order valence-corrected chi connectivity index (χ4v) is 1.88. The van der Waals surface area contributed by atoms with Crippen LogP contribution < -0.4 is 16.4 Å². The van der Waals surface area contributed by atoms with Crippen LogP contribution in [0.2, 0.25) is 0 Å². The fraction of sp³-hybridized carbons (Fsp3) is 0.706. The van der Waals surface area contributed by atoms with E-state index in [1.807, 2.05) is 0 Å². The molecule has 1 aromatic rings. The first-order valence-corrected chi connectivity index (χ1v) is 7.18. The van der Waals surface area contributed by atoms with Gasteiger partial charge in [0.2, 0.25) is 5.95 Å². The van der Waals surface area contributed by atoms with Crippen molar-refractivity contribution in [2.24, 2.45) is 17.5 Å². The van der Waals surface area contributed by atoms with Gasteiger partial charge in [-0.3, -0.25) is 4.79 Å². The summed E-state index contributed by atoms with van der Waals surface area (Å²) in [6.07, 6.45) is -10.6. The molecule has 0 spiro atoms. The molecule has 134 valence electrons. The van der Waals surface area contributed by atoms with Gasteiger partial charge in [-0.05, 0) is 39.4 Å². The maximum atomic E-state index is 12.0. The highest BCUT2D eigenvalue weighted by atomic mass is 16.3. The van der Waals surface area contributed by atoms with Gasteiger partial charge in [-0.25, -0.2) is 4.98 Å². The predicted octanol–water partition coefficient (Wildman–Crippen LogP) is 1.99. The van der Waals surface area contributed by atoms with Crippen molar-refractivity contribution in [2.45, 2.75) is 64.9 Å². The second-order valence-corrected chi connectivity index (χ2v) is 6.29. The van der Waals surface area contributed by atoms with E-state index in [1.54, 1.807) is 20.8 Å². The summed E-state index contributed by atoms with van der Waals surface area (Å²) in [5, 5.41) is 16.0. The molecule has 1 aromatic heterocycles. The third-order valence-corrected chi connectivity index (χ3v) is 3.06. The number of aromatic nitrogens is 2. The smallest absolute Gasteiger partial charge is 0.254 e. The molecule has 0 aliphatic heterocycles. The van der Waals surface area contributed by atoms with E-state index in [1.165, 1.54) is 0 Å². The Labute approximate surface area is 158 Å². The number of aliphatic hydroxyl groups is 1. The third-order valence-electron chi connectivity index (χ3n) is 3.06. The lowest BCUT2D eigenvalue weighted by Gasteiger charge is -2.38. The minimum Gasteiger partial charge on any atom is -0.392 e. The first-order valence-electron chi connectivity index (χ1n) is 12.7. The Morgan fingerprint density at radius 2 is 2.25 bits per heavy atom. The average molecular weight is 347 g/mol. The van der Waals surface area contributed by atoms with Gasteiger partial charge < -0.3 is 21.5 Å². The van der Waals surface area contributed by atoms with Gasteiger partial charge in [-0.15, -0.1) is 0 Å². The molecule has 1 saturated carbocycles. The van der Waals surface area contributed by atoms with E-state index in [-0.39, 0.29) is 5.95 Å². The van der Waals surface area contributed by atoms with Crippen LogP contribution in [0.15, 0.2) is 6.20 Å². The zero-order valence-electron chi connectivity index (χ0n) is 24.9. The summed E-state index contributed by atoms with van der Waals surface area (Å²) in [6.45, 7) is 2.07. The van der Waals surface area contributed by atoms with Crippen LogP contribution in [0.5, 0.6) is 0 Å². The number of nitrogens with one attached hydrogen (secondary N) is 2. The number of hydrogen-bond acceptors (Lipinski definition) is 6. The molecule has 5 N–H and O–H groups in total. The van der Waals surface area contributed by atoms with Crippen molar-refractivity contribution >= 4 is 17.7 Å². The molecule has 0 aromatic carbocycles. The summed E-state index contributed by atoms with van der Waals surface area (Å²) >= 11 is 0. The van der Waals surface area contributed by atoms with Gasteiger partial charge in [0.05, 0.1) is 14.4 Å². The molecule has 1 aliphatic carbocycles. The largest absolute Gasteiger partial charge is 0.392 e. The van der Waals surface area contributed by atoms with Crippen molar-refractivity contribution in [3.8, 4) is 0 Å². The van der Waals surface area contributed by atoms with E-state index in [9.17, 15) is 9.90 Å². The average Bonchev–Trinajstić information content (AvgIpc) is 2.63. The summed E-state index contributed by atoms with van der Waals surface area (Å²) in [5.41, 5.74) is 4.25. The van der Waals surface area contributed by atoms with E-state index >= 15 is 0 Å². The Morgan fingerprint density at radius 3 is 2.83 bits per heavy atom. The number of hydrogen-bond donors (Lipinski definition) is 4. The minimum atomic E-state index is -3.91. The SMILES string of the molecule is [2H]C1([2H])C([2H])([2H])[C@@]([2H])(C([2H])([2H])[2H])[C@]([2H])(O)C([2H])(C)[C@]1([2H])Nc1nc(NC(C)(C)C)ncc1C(N)=O. The van der Waals surface area contributed by atoms with Crippen LogP contribution in [0, 0.1) is 11.8 Å². The van der Waals surface area contributed by atoms with Crippen molar-refractivity contribution in [3.05, 3.63) is 11.8 Å². The molecule has 1 heterocycles. The highest BCUT2D eigenvalue weighted by Gasteiger charge is 2.34. The van der Waals surface area contributed by atoms with Crippen molar-refractivity contribution in [1.29, 1.82) is 0 Å². The molecule has 1 unspecified atom stereocenters. The fourth-order valence-electron chi connectivity index (χ4n) is 1.88. The lowest BCUT2D eigenvalue weighted by Crippen LogP contribution is -2.43. The van der Waals surface area contributed by atoms with Gasteiger partial charge in [0.1, 0.15) is 5.82 Å². The molecule has 24 heavy (non-hydrogen) atoms. The number of carbonyl (C=O) groups excluding carboxylic acids is 1. The van der Waals surface area contributed by atoms with E-state index in [0.29, 0.717) is 6.92 Å². The number of anilines is 2. The number of carbonyl (C=O) groups is 1. The maximum absolute atomic E-state index is 12.0. The number of amides is 1. The zero-order valence-corrected chi connectivity index (χ0v) is 13.9. The second-order valence-electron chi connectivity index (χ2n) is 6.29. The van der Waals surface area contributed by atoms with Gasteiger partial charge in [-0.1, -0.05) is 13.8 Å². The van der Waals surface area contributed by atoms with Crippen LogP contribution in [-0.4, -0.2) is 38.6 Å². The highest BCUT2D eigenvalue weighted by Crippen LogP contribution is 2.31. The molecule has 4 atom stereocenters. The Balaban J connectivity index is 2.87. The van der Waals surface area contributed by atoms with Crippen molar-refractivity contribution in [3.63, 3.8) is 0 Å². The standard InChI is InChI=1S/C17H29N5O2/c1-9-6-7-12(10(2)13(9)23)20-15-11(14(18)24)8-19-16(21-15)22-17(3,4)5/h8-10,12-13,23H,6-7H2,1-5H3,(H2,18,24)(H2,19,20,21,22)/t9-,10?,12-,13+/m1/s1/i1D3,6D2,7D2,9D,10D,12D,13D. The van der Waals surface area contributed by atoms with Crippen LogP contribution in [0.3, 0.4) is 0 Å². The van der Waals surface area contributed by atoms with Crippen LogP contribution >= 0.6 is 0 Å². The van der Waals surface area contributed by atoms with Crippen LogP contribution in [0.25, 0.3) is 0 Å². The molecule has 0 bridgehead atoms. The molecular weight excluding hydrogens is 306 g/mol. The van der Waals surface area contributed by atoms with Crippen LogP contribution in [0.1, 0.15) is 72.7 Å². The van der Waals surface area contributed by atoms with Gasteiger partial charge in [-0.2, -0.15) is 4.98 Å². The first-order chi connectivity index (χ1) is 15.2. The second kappa shape index (κ2) is 6.93. The number of rotatable bonds is 4. The summed E-state index contributed by atoms with van der Waals surface area (Å²) in [6, 6.07) is -3.40. The van der Waals surface area contributed by atoms with E-state index < -0.39 is 66.3 Å². The van der Waals surface area contributed by atoms with Gasteiger partial charge in [0.15, 0.2) is 0 Å². The Morgan fingerprint density at radius 1 is 1.54 bits per heavy atom. The first kappa shape index (κ1) is 8.47. The van der Waals surface area contributed by atoms with Gasteiger partial charge in [0.25, 0.3) is 5.91 Å².